The van der Waals surface area contributed by atoms with Gasteiger partial charge in [-0.25, -0.2) is 0 Å². The molecule has 4 N–H and O–H groups in total. The van der Waals surface area contributed by atoms with Gasteiger partial charge in [0, 0.05) is 28.3 Å². The van der Waals surface area contributed by atoms with E-state index in [2.05, 4.69) is 44.9 Å². The number of rotatable bonds is 3. The van der Waals surface area contributed by atoms with Crippen LogP contribution in [-0.4, -0.2) is 16.4 Å². The fourth-order valence-corrected chi connectivity index (χ4v) is 3.07. The zero-order valence-electron chi connectivity index (χ0n) is 13.5. The van der Waals surface area contributed by atoms with E-state index in [1.165, 1.54) is 0 Å². The number of hydrogen-bond acceptors (Lipinski definition) is 2. The van der Waals surface area contributed by atoms with E-state index >= 15 is 0 Å². The second-order valence-electron chi connectivity index (χ2n) is 7.58. The van der Waals surface area contributed by atoms with Gasteiger partial charge in [0.25, 0.3) is 5.91 Å². The third kappa shape index (κ3) is 3.78. The third-order valence-corrected chi connectivity index (χ3v) is 3.37. The lowest BCUT2D eigenvalue weighted by molar-refractivity contribution is 0.0893. The van der Waals surface area contributed by atoms with Crippen LogP contribution in [0.25, 0.3) is 10.9 Å². The number of fused-ring (bicyclic) bond motifs is 1. The molecule has 0 bridgehead atoms. The first-order valence-electron chi connectivity index (χ1n) is 7.27. The molecule has 2 aromatic rings. The summed E-state index contributed by atoms with van der Waals surface area (Å²) in [4.78, 5) is 15.7. The van der Waals surface area contributed by atoms with Crippen molar-refractivity contribution in [2.24, 2.45) is 5.41 Å². The number of amides is 1. The first-order valence-corrected chi connectivity index (χ1v) is 7.27. The van der Waals surface area contributed by atoms with Crippen LogP contribution in [0.4, 0.5) is 5.69 Å². The summed E-state index contributed by atoms with van der Waals surface area (Å²) in [5.74, 6) is -0.0684. The average Bonchev–Trinajstić information content (AvgIpc) is 2.67. The largest absolute Gasteiger partial charge is 0.399 e. The monoisotopic (exact) mass is 287 g/mol. The molecule has 1 aromatic carbocycles. The summed E-state index contributed by atoms with van der Waals surface area (Å²) in [6.07, 6.45) is 2.64. The van der Waals surface area contributed by atoms with Crippen LogP contribution >= 0.6 is 0 Å². The van der Waals surface area contributed by atoms with Gasteiger partial charge in [-0.15, -0.1) is 0 Å². The van der Waals surface area contributed by atoms with Crippen molar-refractivity contribution in [3.05, 3.63) is 30.0 Å². The van der Waals surface area contributed by atoms with Crippen LogP contribution in [0.5, 0.6) is 0 Å². The number of H-pyrrole nitrogens is 1. The van der Waals surface area contributed by atoms with Gasteiger partial charge in [-0.3, -0.25) is 4.79 Å². The Kier molecular flexibility index (Phi) is 3.74. The molecule has 21 heavy (non-hydrogen) atoms. The molecule has 0 saturated heterocycles. The maximum Gasteiger partial charge on any atom is 0.253 e. The Morgan fingerprint density at radius 3 is 2.52 bits per heavy atom. The molecule has 4 heteroatoms. The highest BCUT2D eigenvalue weighted by Gasteiger charge is 2.28. The van der Waals surface area contributed by atoms with Gasteiger partial charge >= 0.3 is 0 Å². The lowest BCUT2D eigenvalue weighted by atomic mass is 9.81. The van der Waals surface area contributed by atoms with E-state index in [9.17, 15) is 4.79 Å². The fourth-order valence-electron chi connectivity index (χ4n) is 3.07. The van der Waals surface area contributed by atoms with Gasteiger partial charge in [0.05, 0.1) is 5.56 Å². The quantitative estimate of drug-likeness (QED) is 0.753. The Labute approximate surface area is 126 Å². The second-order valence-corrected chi connectivity index (χ2v) is 7.58. The Hall–Kier alpha value is -1.97. The van der Waals surface area contributed by atoms with E-state index in [0.29, 0.717) is 11.3 Å². The van der Waals surface area contributed by atoms with Crippen molar-refractivity contribution in [3.63, 3.8) is 0 Å². The minimum atomic E-state index is -0.265. The van der Waals surface area contributed by atoms with E-state index in [1.807, 2.05) is 18.2 Å². The number of nitrogens with one attached hydrogen (secondary N) is 2. The van der Waals surface area contributed by atoms with Crippen molar-refractivity contribution in [2.75, 3.05) is 5.73 Å². The van der Waals surface area contributed by atoms with Gasteiger partial charge < -0.3 is 16.0 Å². The van der Waals surface area contributed by atoms with E-state index in [4.69, 9.17) is 5.73 Å². The van der Waals surface area contributed by atoms with Crippen LogP contribution in [-0.2, 0) is 0 Å². The van der Waals surface area contributed by atoms with Crippen LogP contribution in [0.1, 0.15) is 51.4 Å². The molecule has 114 valence electrons. The van der Waals surface area contributed by atoms with Crippen LogP contribution < -0.4 is 11.1 Å². The summed E-state index contributed by atoms with van der Waals surface area (Å²) in [5.41, 5.74) is 7.92. The summed E-state index contributed by atoms with van der Waals surface area (Å²) >= 11 is 0. The second kappa shape index (κ2) is 5.10. The number of carbonyl (C=O) groups excluding carboxylic acids is 1. The lowest BCUT2D eigenvalue weighted by Gasteiger charge is -2.33. The van der Waals surface area contributed by atoms with Crippen LogP contribution in [0.3, 0.4) is 0 Å². The predicted molar refractivity (Wildman–Crippen MR) is 88.3 cm³/mol. The van der Waals surface area contributed by atoms with Gasteiger partial charge in [0.15, 0.2) is 0 Å². The van der Waals surface area contributed by atoms with Crippen LogP contribution in [0, 0.1) is 5.41 Å². The molecule has 0 aliphatic heterocycles. The van der Waals surface area contributed by atoms with E-state index in [-0.39, 0.29) is 16.9 Å². The number of benzene rings is 1. The zero-order valence-corrected chi connectivity index (χ0v) is 13.5. The SMILES string of the molecule is CC(C)(C)CC(C)(C)NC(=O)c1c[nH]c2ccc(N)cc12. The summed E-state index contributed by atoms with van der Waals surface area (Å²) in [6.45, 7) is 10.6. The first-order chi connectivity index (χ1) is 9.57. The normalized spacial score (nSPS) is 12.6. The number of aromatic amines is 1. The molecule has 0 aliphatic rings. The molecular weight excluding hydrogens is 262 g/mol. The summed E-state index contributed by atoms with van der Waals surface area (Å²) in [5, 5.41) is 3.99. The fraction of sp³-hybridized carbons (Fsp3) is 0.471. The molecule has 1 amide bonds. The Bertz CT molecular complexity index is 662. The Morgan fingerprint density at radius 1 is 1.24 bits per heavy atom. The molecule has 2 rings (SSSR count). The summed E-state index contributed by atoms with van der Waals surface area (Å²) in [6, 6.07) is 5.54. The van der Waals surface area contributed by atoms with Gasteiger partial charge in [0.2, 0.25) is 0 Å². The smallest absolute Gasteiger partial charge is 0.253 e. The van der Waals surface area contributed by atoms with E-state index < -0.39 is 0 Å². The molecular formula is C17H25N3O. The molecule has 0 unspecified atom stereocenters. The minimum Gasteiger partial charge on any atom is -0.399 e. The molecule has 0 spiro atoms. The Balaban J connectivity index is 2.25. The molecule has 1 aromatic heterocycles. The molecule has 1 heterocycles. The van der Waals surface area contributed by atoms with Crippen molar-refractivity contribution < 1.29 is 4.79 Å². The van der Waals surface area contributed by atoms with Crippen molar-refractivity contribution in [1.29, 1.82) is 0 Å². The number of carbonyl (C=O) groups is 1. The molecule has 4 nitrogen and oxygen atoms in total. The lowest BCUT2D eigenvalue weighted by Crippen LogP contribution is -2.45. The van der Waals surface area contributed by atoms with Crippen molar-refractivity contribution in [2.45, 2.75) is 46.6 Å². The number of nitrogen functional groups attached to an aromatic ring is 1. The van der Waals surface area contributed by atoms with Crippen molar-refractivity contribution >= 4 is 22.5 Å². The average molecular weight is 287 g/mol. The Morgan fingerprint density at radius 2 is 1.90 bits per heavy atom. The highest BCUT2D eigenvalue weighted by Crippen LogP contribution is 2.28. The standard InChI is InChI=1S/C17H25N3O/c1-16(2,3)10-17(4,5)20-15(21)13-9-19-14-7-6-11(18)8-12(13)14/h6-9,19H,10,18H2,1-5H3,(H,20,21). The maximum absolute atomic E-state index is 12.6. The predicted octanol–water partition coefficient (Wildman–Crippen LogP) is 3.69. The molecule has 0 saturated carbocycles. The first kappa shape index (κ1) is 15.4. The van der Waals surface area contributed by atoms with E-state index in [0.717, 1.165) is 17.3 Å². The number of aromatic nitrogens is 1. The minimum absolute atomic E-state index is 0.0684. The number of anilines is 1. The number of nitrogens with two attached hydrogens (primary N) is 1. The summed E-state index contributed by atoms with van der Waals surface area (Å²) < 4.78 is 0. The summed E-state index contributed by atoms with van der Waals surface area (Å²) in [7, 11) is 0. The number of hydrogen-bond donors (Lipinski definition) is 3. The molecule has 0 fully saturated rings. The maximum atomic E-state index is 12.6. The van der Waals surface area contributed by atoms with Gasteiger partial charge in [-0.2, -0.15) is 0 Å². The topological polar surface area (TPSA) is 70.9 Å². The highest BCUT2D eigenvalue weighted by atomic mass is 16.1. The van der Waals surface area contributed by atoms with Crippen molar-refractivity contribution in [3.8, 4) is 0 Å². The van der Waals surface area contributed by atoms with Gasteiger partial charge in [0.1, 0.15) is 0 Å². The molecule has 0 radical (unpaired) electrons. The van der Waals surface area contributed by atoms with Crippen molar-refractivity contribution in [1.82, 2.24) is 10.3 Å². The van der Waals surface area contributed by atoms with Crippen LogP contribution in [0.2, 0.25) is 0 Å². The van der Waals surface area contributed by atoms with Gasteiger partial charge in [-0.05, 0) is 43.9 Å². The van der Waals surface area contributed by atoms with Gasteiger partial charge in [-0.1, -0.05) is 20.8 Å². The van der Waals surface area contributed by atoms with E-state index in [1.54, 1.807) is 6.20 Å². The molecule has 0 atom stereocenters. The molecule has 0 aliphatic carbocycles. The van der Waals surface area contributed by atoms with Crippen LogP contribution in [0.15, 0.2) is 24.4 Å². The zero-order chi connectivity index (χ0) is 15.8. The highest BCUT2D eigenvalue weighted by molar-refractivity contribution is 6.07. The third-order valence-electron chi connectivity index (χ3n) is 3.37.